The molecule has 0 aliphatic heterocycles. The van der Waals surface area contributed by atoms with E-state index in [1.807, 2.05) is 16.9 Å². The smallest absolute Gasteiger partial charge is 0.191 e. The van der Waals surface area contributed by atoms with Crippen molar-refractivity contribution >= 4 is 5.96 Å². The lowest BCUT2D eigenvalue weighted by Gasteiger charge is -2.18. The predicted molar refractivity (Wildman–Crippen MR) is 80.3 cm³/mol. The first-order valence-electron chi connectivity index (χ1n) is 7.06. The Morgan fingerprint density at radius 1 is 1.32 bits per heavy atom. The van der Waals surface area contributed by atoms with Gasteiger partial charge >= 0.3 is 0 Å². The molecule has 0 aliphatic carbocycles. The van der Waals surface area contributed by atoms with Crippen molar-refractivity contribution in [1.29, 1.82) is 0 Å². The molecule has 1 rings (SSSR count). The molecule has 19 heavy (non-hydrogen) atoms. The Morgan fingerprint density at radius 3 is 2.68 bits per heavy atom. The van der Waals surface area contributed by atoms with Crippen molar-refractivity contribution in [2.75, 3.05) is 13.6 Å². The zero-order valence-electron chi connectivity index (χ0n) is 12.6. The number of nitrogens with zero attached hydrogens (tertiary/aromatic N) is 3. The molecule has 0 bridgehead atoms. The highest BCUT2D eigenvalue weighted by Crippen LogP contribution is 2.06. The van der Waals surface area contributed by atoms with Crippen LogP contribution in [0.4, 0.5) is 0 Å². The molecule has 5 heteroatoms. The fraction of sp³-hybridized carbons (Fsp3) is 0.714. The Bertz CT molecular complexity index is 356. The molecule has 0 aromatic carbocycles. The van der Waals surface area contributed by atoms with Crippen LogP contribution in [0.3, 0.4) is 0 Å². The van der Waals surface area contributed by atoms with Crippen LogP contribution >= 0.6 is 0 Å². The summed E-state index contributed by atoms with van der Waals surface area (Å²) in [6.45, 7) is 8.36. The molecular formula is C14H27N5. The average Bonchev–Trinajstić information content (AvgIpc) is 2.88. The minimum atomic E-state index is 0.443. The highest BCUT2D eigenvalue weighted by atomic mass is 15.3. The van der Waals surface area contributed by atoms with E-state index < -0.39 is 0 Å². The molecule has 0 saturated carbocycles. The first kappa shape index (κ1) is 15.5. The first-order chi connectivity index (χ1) is 9.11. The van der Waals surface area contributed by atoms with Crippen LogP contribution in [-0.4, -0.2) is 35.4 Å². The minimum Gasteiger partial charge on any atom is -0.355 e. The van der Waals surface area contributed by atoms with Crippen LogP contribution in [0.25, 0.3) is 0 Å². The number of nitrogens with one attached hydrogen (secondary N) is 2. The van der Waals surface area contributed by atoms with Gasteiger partial charge in [0.05, 0.1) is 6.54 Å². The van der Waals surface area contributed by atoms with E-state index in [1.54, 1.807) is 13.2 Å². The van der Waals surface area contributed by atoms with E-state index in [9.17, 15) is 0 Å². The number of hydrogen-bond donors (Lipinski definition) is 2. The predicted octanol–water partition coefficient (Wildman–Crippen LogP) is 1.87. The maximum absolute atomic E-state index is 4.24. The van der Waals surface area contributed by atoms with Crippen molar-refractivity contribution in [3.63, 3.8) is 0 Å². The lowest BCUT2D eigenvalue weighted by Crippen LogP contribution is -2.43. The van der Waals surface area contributed by atoms with Crippen LogP contribution in [0.5, 0.6) is 0 Å². The third kappa shape index (κ3) is 6.84. The number of rotatable bonds is 7. The summed E-state index contributed by atoms with van der Waals surface area (Å²) in [5, 5.41) is 10.9. The van der Waals surface area contributed by atoms with Crippen LogP contribution in [0.1, 0.15) is 33.6 Å². The van der Waals surface area contributed by atoms with E-state index in [1.165, 1.54) is 6.42 Å². The van der Waals surface area contributed by atoms with Crippen LogP contribution in [0.2, 0.25) is 0 Å². The number of aliphatic imine (C=N–C) groups is 1. The third-order valence-corrected chi connectivity index (χ3v) is 2.98. The Kier molecular flexibility index (Phi) is 7.00. The highest BCUT2D eigenvalue weighted by molar-refractivity contribution is 5.79. The van der Waals surface area contributed by atoms with E-state index in [-0.39, 0.29) is 0 Å². The third-order valence-electron chi connectivity index (χ3n) is 2.98. The second kappa shape index (κ2) is 8.56. The van der Waals surface area contributed by atoms with Crippen LogP contribution in [0.15, 0.2) is 23.5 Å². The van der Waals surface area contributed by atoms with Gasteiger partial charge in [-0.05, 0) is 31.7 Å². The van der Waals surface area contributed by atoms with Crippen molar-refractivity contribution < 1.29 is 0 Å². The Balaban J connectivity index is 2.22. The number of aromatic nitrogens is 2. The normalized spacial score (nSPS) is 13.6. The molecule has 0 radical (unpaired) electrons. The van der Waals surface area contributed by atoms with Gasteiger partial charge in [0.2, 0.25) is 0 Å². The molecule has 0 saturated heterocycles. The largest absolute Gasteiger partial charge is 0.355 e. The summed E-state index contributed by atoms with van der Waals surface area (Å²) in [7, 11) is 1.80. The molecule has 0 aliphatic rings. The number of guanidine groups is 1. The molecule has 1 atom stereocenters. The zero-order valence-corrected chi connectivity index (χ0v) is 12.6. The standard InChI is InChI=1S/C14H27N5/c1-12(2)6-7-13(3)18-14(15-4)16-9-11-19-10-5-8-17-19/h5,8,10,12-13H,6-7,9,11H2,1-4H3,(H2,15,16,18). The van der Waals surface area contributed by atoms with Gasteiger partial charge in [-0.1, -0.05) is 13.8 Å². The lowest BCUT2D eigenvalue weighted by atomic mass is 10.0. The van der Waals surface area contributed by atoms with E-state index >= 15 is 0 Å². The molecule has 1 aromatic rings. The number of hydrogen-bond acceptors (Lipinski definition) is 2. The molecule has 1 unspecified atom stereocenters. The summed E-state index contributed by atoms with van der Waals surface area (Å²) in [5.74, 6) is 1.61. The molecule has 0 fully saturated rings. The van der Waals surface area contributed by atoms with Crippen molar-refractivity contribution in [3.05, 3.63) is 18.5 Å². The van der Waals surface area contributed by atoms with Gasteiger partial charge in [-0.2, -0.15) is 5.10 Å². The summed E-state index contributed by atoms with van der Waals surface area (Å²) in [6, 6.07) is 2.37. The van der Waals surface area contributed by atoms with Crippen LogP contribution in [0, 0.1) is 5.92 Å². The van der Waals surface area contributed by atoms with Gasteiger partial charge in [0, 0.05) is 32.0 Å². The maximum Gasteiger partial charge on any atom is 0.191 e. The van der Waals surface area contributed by atoms with Crippen molar-refractivity contribution in [2.24, 2.45) is 10.9 Å². The van der Waals surface area contributed by atoms with Gasteiger partial charge in [0.1, 0.15) is 0 Å². The first-order valence-corrected chi connectivity index (χ1v) is 7.06. The molecule has 5 nitrogen and oxygen atoms in total. The lowest BCUT2D eigenvalue weighted by molar-refractivity contribution is 0.487. The molecule has 108 valence electrons. The van der Waals surface area contributed by atoms with Crippen molar-refractivity contribution in [3.8, 4) is 0 Å². The van der Waals surface area contributed by atoms with Crippen molar-refractivity contribution in [1.82, 2.24) is 20.4 Å². The fourth-order valence-corrected chi connectivity index (χ4v) is 1.81. The van der Waals surface area contributed by atoms with Crippen LogP contribution < -0.4 is 10.6 Å². The van der Waals surface area contributed by atoms with Gasteiger partial charge in [0.25, 0.3) is 0 Å². The van der Waals surface area contributed by atoms with E-state index in [4.69, 9.17) is 0 Å². The topological polar surface area (TPSA) is 54.2 Å². The Hall–Kier alpha value is -1.52. The Morgan fingerprint density at radius 2 is 2.11 bits per heavy atom. The van der Waals surface area contributed by atoms with Gasteiger partial charge in [0.15, 0.2) is 5.96 Å². The van der Waals surface area contributed by atoms with E-state index in [0.29, 0.717) is 6.04 Å². The highest BCUT2D eigenvalue weighted by Gasteiger charge is 2.05. The quantitative estimate of drug-likeness (QED) is 0.584. The van der Waals surface area contributed by atoms with Crippen molar-refractivity contribution in [2.45, 2.75) is 46.2 Å². The second-order valence-corrected chi connectivity index (χ2v) is 5.28. The monoisotopic (exact) mass is 265 g/mol. The summed E-state index contributed by atoms with van der Waals surface area (Å²) < 4.78 is 1.91. The van der Waals surface area contributed by atoms with E-state index in [2.05, 4.69) is 41.5 Å². The molecule has 1 heterocycles. The summed E-state index contributed by atoms with van der Waals surface area (Å²) >= 11 is 0. The van der Waals surface area contributed by atoms with Gasteiger partial charge in [-0.25, -0.2) is 0 Å². The van der Waals surface area contributed by atoms with Gasteiger partial charge < -0.3 is 10.6 Å². The van der Waals surface area contributed by atoms with Gasteiger partial charge in [-0.15, -0.1) is 0 Å². The average molecular weight is 265 g/mol. The molecule has 0 spiro atoms. The van der Waals surface area contributed by atoms with E-state index in [0.717, 1.165) is 31.4 Å². The van der Waals surface area contributed by atoms with Crippen LogP contribution in [-0.2, 0) is 6.54 Å². The second-order valence-electron chi connectivity index (χ2n) is 5.28. The summed E-state index contributed by atoms with van der Waals surface area (Å²) in [6.07, 6.45) is 6.15. The molecule has 0 amide bonds. The molecule has 2 N–H and O–H groups in total. The maximum atomic E-state index is 4.24. The SMILES string of the molecule is CN=C(NCCn1cccn1)NC(C)CCC(C)C. The molecule has 1 aromatic heterocycles. The van der Waals surface area contributed by atoms with Gasteiger partial charge in [-0.3, -0.25) is 9.67 Å². The Labute approximate surface area is 116 Å². The summed E-state index contributed by atoms with van der Waals surface area (Å²) in [5.41, 5.74) is 0. The minimum absolute atomic E-state index is 0.443. The fourth-order valence-electron chi connectivity index (χ4n) is 1.81. The summed E-state index contributed by atoms with van der Waals surface area (Å²) in [4.78, 5) is 4.24. The zero-order chi connectivity index (χ0) is 14.1. The molecular weight excluding hydrogens is 238 g/mol.